The van der Waals surface area contributed by atoms with Crippen molar-refractivity contribution in [3.63, 3.8) is 0 Å². The Balaban J connectivity index is 2.03. The van der Waals surface area contributed by atoms with Crippen LogP contribution in [0, 0.1) is 0 Å². The van der Waals surface area contributed by atoms with Crippen LogP contribution in [0.3, 0.4) is 0 Å². The number of nitrogens with one attached hydrogen (secondary N) is 1. The van der Waals surface area contributed by atoms with Crippen LogP contribution in [0.25, 0.3) is 0 Å². The Bertz CT molecular complexity index is 962. The number of carbonyl (C=O) groups excluding carboxylic acids is 1. The summed E-state index contributed by atoms with van der Waals surface area (Å²) in [6, 6.07) is 6.35. The molecular weight excluding hydrogens is 439 g/mol. The SMILES string of the molecule is CCOc1cc(CN(c2cc(C(F)(F)F)c(C(=O)OC)cn2)C2CCNCC2)ccc1OC. The Labute approximate surface area is 190 Å². The third-order valence-corrected chi connectivity index (χ3v) is 5.52. The number of nitrogens with zero attached hydrogens (tertiary/aromatic N) is 2. The van der Waals surface area contributed by atoms with Crippen LogP contribution in [-0.2, 0) is 17.5 Å². The molecule has 0 aliphatic carbocycles. The third kappa shape index (κ3) is 5.87. The maximum Gasteiger partial charge on any atom is 0.417 e. The molecule has 10 heteroatoms. The number of hydrogen-bond donors (Lipinski definition) is 1. The van der Waals surface area contributed by atoms with Crippen molar-refractivity contribution >= 4 is 11.8 Å². The van der Waals surface area contributed by atoms with E-state index in [2.05, 4.69) is 15.0 Å². The molecule has 0 radical (unpaired) electrons. The number of benzene rings is 1. The molecule has 0 atom stereocenters. The first-order valence-electron chi connectivity index (χ1n) is 10.7. The molecule has 0 unspecified atom stereocenters. The van der Waals surface area contributed by atoms with Crippen LogP contribution in [0.2, 0.25) is 0 Å². The van der Waals surface area contributed by atoms with Gasteiger partial charge in [-0.25, -0.2) is 9.78 Å². The minimum absolute atomic E-state index is 0.0264. The van der Waals surface area contributed by atoms with Crippen LogP contribution in [0.1, 0.15) is 41.3 Å². The van der Waals surface area contributed by atoms with Gasteiger partial charge in [-0.2, -0.15) is 13.2 Å². The first-order valence-corrected chi connectivity index (χ1v) is 10.7. The summed E-state index contributed by atoms with van der Waals surface area (Å²) in [6.45, 7) is 4.12. The van der Waals surface area contributed by atoms with E-state index < -0.39 is 23.3 Å². The number of carbonyl (C=O) groups is 1. The van der Waals surface area contributed by atoms with E-state index in [-0.39, 0.29) is 11.9 Å². The lowest BCUT2D eigenvalue weighted by molar-refractivity contribution is -0.138. The van der Waals surface area contributed by atoms with E-state index in [0.29, 0.717) is 24.7 Å². The summed E-state index contributed by atoms with van der Waals surface area (Å²) in [5.41, 5.74) is -0.838. The lowest BCUT2D eigenvalue weighted by Gasteiger charge is -2.36. The van der Waals surface area contributed by atoms with E-state index in [1.807, 2.05) is 24.0 Å². The number of hydrogen-bond acceptors (Lipinski definition) is 7. The highest BCUT2D eigenvalue weighted by atomic mass is 19.4. The van der Waals surface area contributed by atoms with Crippen LogP contribution in [0.15, 0.2) is 30.5 Å². The smallest absolute Gasteiger partial charge is 0.417 e. The molecule has 0 amide bonds. The van der Waals surface area contributed by atoms with Crippen LogP contribution in [0.5, 0.6) is 11.5 Å². The number of rotatable bonds is 8. The molecule has 1 aromatic heterocycles. The first kappa shape index (κ1) is 24.6. The van der Waals surface area contributed by atoms with Gasteiger partial charge in [-0.15, -0.1) is 0 Å². The Morgan fingerprint density at radius 2 is 1.91 bits per heavy atom. The molecule has 2 heterocycles. The number of piperidine rings is 1. The summed E-state index contributed by atoms with van der Waals surface area (Å²) in [6.07, 6.45) is -2.30. The van der Waals surface area contributed by atoms with E-state index in [1.54, 1.807) is 13.2 Å². The lowest BCUT2D eigenvalue weighted by atomic mass is 10.0. The highest BCUT2D eigenvalue weighted by Gasteiger charge is 2.37. The molecule has 0 bridgehead atoms. The van der Waals surface area contributed by atoms with Gasteiger partial charge in [-0.3, -0.25) is 0 Å². The predicted octanol–water partition coefficient (Wildman–Crippen LogP) is 4.05. The van der Waals surface area contributed by atoms with Crippen molar-refractivity contribution in [2.24, 2.45) is 0 Å². The quantitative estimate of drug-likeness (QED) is 0.587. The number of halogens is 3. The Hall–Kier alpha value is -3.01. The van der Waals surface area contributed by atoms with E-state index in [4.69, 9.17) is 9.47 Å². The van der Waals surface area contributed by atoms with Crippen molar-refractivity contribution in [2.75, 3.05) is 38.8 Å². The molecule has 3 rings (SSSR count). The summed E-state index contributed by atoms with van der Waals surface area (Å²) in [4.78, 5) is 18.0. The molecule has 33 heavy (non-hydrogen) atoms. The van der Waals surface area contributed by atoms with Crippen molar-refractivity contribution < 1.29 is 32.2 Å². The minimum atomic E-state index is -4.73. The van der Waals surface area contributed by atoms with Gasteiger partial charge in [0, 0.05) is 18.8 Å². The van der Waals surface area contributed by atoms with Crippen LogP contribution < -0.4 is 19.7 Å². The Morgan fingerprint density at radius 3 is 2.52 bits per heavy atom. The molecular formula is C23H28F3N3O4. The van der Waals surface area contributed by atoms with Gasteiger partial charge in [0.1, 0.15) is 5.82 Å². The second-order valence-corrected chi connectivity index (χ2v) is 7.60. The maximum absolute atomic E-state index is 13.8. The molecule has 180 valence electrons. The number of alkyl halides is 3. The minimum Gasteiger partial charge on any atom is -0.493 e. The molecule has 1 aliphatic heterocycles. The Morgan fingerprint density at radius 1 is 1.18 bits per heavy atom. The molecule has 1 fully saturated rings. The van der Waals surface area contributed by atoms with E-state index >= 15 is 0 Å². The Kier molecular flexibility index (Phi) is 8.01. The van der Waals surface area contributed by atoms with Crippen molar-refractivity contribution in [2.45, 2.75) is 38.5 Å². The third-order valence-electron chi connectivity index (χ3n) is 5.52. The number of ether oxygens (including phenoxy) is 3. The van der Waals surface area contributed by atoms with Gasteiger partial charge in [0.2, 0.25) is 0 Å². The molecule has 7 nitrogen and oxygen atoms in total. The van der Waals surface area contributed by atoms with Gasteiger partial charge >= 0.3 is 12.1 Å². The molecule has 2 aromatic rings. The zero-order chi connectivity index (χ0) is 24.0. The largest absolute Gasteiger partial charge is 0.493 e. The second-order valence-electron chi connectivity index (χ2n) is 7.60. The maximum atomic E-state index is 13.8. The molecule has 1 N–H and O–H groups in total. The highest BCUT2D eigenvalue weighted by molar-refractivity contribution is 5.91. The topological polar surface area (TPSA) is 72.9 Å². The van der Waals surface area contributed by atoms with Gasteiger partial charge in [0.15, 0.2) is 11.5 Å². The monoisotopic (exact) mass is 467 g/mol. The van der Waals surface area contributed by atoms with Gasteiger partial charge in [-0.1, -0.05) is 6.07 Å². The van der Waals surface area contributed by atoms with Crippen molar-refractivity contribution in [3.05, 3.63) is 47.2 Å². The van der Waals surface area contributed by atoms with Crippen molar-refractivity contribution in [1.29, 1.82) is 0 Å². The van der Waals surface area contributed by atoms with Gasteiger partial charge < -0.3 is 24.4 Å². The van der Waals surface area contributed by atoms with Gasteiger partial charge in [-0.05, 0) is 56.6 Å². The summed E-state index contributed by atoms with van der Waals surface area (Å²) in [5, 5.41) is 3.27. The normalized spacial score (nSPS) is 14.6. The van der Waals surface area contributed by atoms with Gasteiger partial charge in [0.05, 0.1) is 32.0 Å². The lowest BCUT2D eigenvalue weighted by Crippen LogP contribution is -2.43. The van der Waals surface area contributed by atoms with Crippen LogP contribution in [-0.4, -0.2) is 50.9 Å². The fourth-order valence-electron chi connectivity index (χ4n) is 3.91. The summed E-state index contributed by atoms with van der Waals surface area (Å²) in [7, 11) is 2.58. The predicted molar refractivity (Wildman–Crippen MR) is 117 cm³/mol. The summed E-state index contributed by atoms with van der Waals surface area (Å²) < 4.78 is 56.8. The number of esters is 1. The average molecular weight is 467 g/mol. The standard InChI is InChI=1S/C23H28F3N3O4/c1-4-33-20-11-15(5-6-19(20)31-2)14-29(16-7-9-27-10-8-16)21-12-18(23(24,25)26)17(13-28-21)22(30)32-3/h5-6,11-13,16,27H,4,7-10,14H2,1-3H3. The fraction of sp³-hybridized carbons (Fsp3) is 0.478. The molecule has 1 saturated heterocycles. The number of aromatic nitrogens is 1. The molecule has 0 saturated carbocycles. The van der Waals surface area contributed by atoms with E-state index in [0.717, 1.165) is 50.9 Å². The zero-order valence-corrected chi connectivity index (χ0v) is 18.9. The molecule has 0 spiro atoms. The van der Waals surface area contributed by atoms with E-state index in [9.17, 15) is 18.0 Å². The zero-order valence-electron chi connectivity index (χ0n) is 18.9. The fourth-order valence-corrected chi connectivity index (χ4v) is 3.91. The second kappa shape index (κ2) is 10.7. The molecule has 1 aliphatic rings. The van der Waals surface area contributed by atoms with Crippen molar-refractivity contribution in [3.8, 4) is 11.5 Å². The number of pyridine rings is 1. The van der Waals surface area contributed by atoms with Crippen LogP contribution in [0.4, 0.5) is 19.0 Å². The average Bonchev–Trinajstić information content (AvgIpc) is 2.82. The van der Waals surface area contributed by atoms with Crippen molar-refractivity contribution in [1.82, 2.24) is 10.3 Å². The molecule has 1 aromatic carbocycles. The number of methoxy groups -OCH3 is 2. The van der Waals surface area contributed by atoms with E-state index in [1.165, 1.54) is 0 Å². The highest BCUT2D eigenvalue weighted by Crippen LogP contribution is 2.36. The van der Waals surface area contributed by atoms with Gasteiger partial charge in [0.25, 0.3) is 0 Å². The number of anilines is 1. The first-order chi connectivity index (χ1) is 15.8. The van der Waals surface area contributed by atoms with Crippen LogP contribution >= 0.6 is 0 Å². The summed E-state index contributed by atoms with van der Waals surface area (Å²) >= 11 is 0. The summed E-state index contributed by atoms with van der Waals surface area (Å²) in [5.74, 6) is 0.212.